The minimum Gasteiger partial charge on any atom is -0.454 e. The summed E-state index contributed by atoms with van der Waals surface area (Å²) in [5, 5.41) is 1.76. The Morgan fingerprint density at radius 3 is 2.29 bits per heavy atom. The highest BCUT2D eigenvalue weighted by Gasteiger charge is 2.31. The van der Waals surface area contributed by atoms with Crippen molar-refractivity contribution in [2.75, 3.05) is 11.9 Å². The third kappa shape index (κ3) is 6.86. The molecule has 0 saturated heterocycles. The molecule has 0 aliphatic carbocycles. The van der Waals surface area contributed by atoms with Crippen molar-refractivity contribution >= 4 is 17.5 Å². The Morgan fingerprint density at radius 1 is 1.17 bits per heavy atom. The Kier molecular flexibility index (Phi) is 6.18. The van der Waals surface area contributed by atoms with Crippen LogP contribution < -0.4 is 10.1 Å². The lowest BCUT2D eigenvalue weighted by Crippen LogP contribution is -2.20. The van der Waals surface area contributed by atoms with Crippen molar-refractivity contribution in [1.82, 2.24) is 15.0 Å². The summed E-state index contributed by atoms with van der Waals surface area (Å²) >= 11 is 5.50. The molecular weight excluding hydrogens is 366 g/mol. The predicted molar refractivity (Wildman–Crippen MR) is 73.5 cm³/mol. The second-order valence-corrected chi connectivity index (χ2v) is 4.40. The van der Waals surface area contributed by atoms with Crippen LogP contribution in [0.3, 0.4) is 0 Å². The Morgan fingerprint density at radius 2 is 1.79 bits per heavy atom. The number of allylic oxidation sites excluding steroid dienone is 3. The fourth-order valence-electron chi connectivity index (χ4n) is 1.14. The van der Waals surface area contributed by atoms with Gasteiger partial charge in [0, 0.05) is 5.70 Å². The summed E-state index contributed by atoms with van der Waals surface area (Å²) in [5.74, 6) is -0.437. The number of hydrogen-bond donors (Lipinski definition) is 1. The van der Waals surface area contributed by atoms with Gasteiger partial charge in [0.25, 0.3) is 0 Å². The quantitative estimate of drug-likeness (QED) is 0.601. The van der Waals surface area contributed by atoms with E-state index in [1.165, 1.54) is 0 Å². The molecule has 0 amide bonds. The number of nitrogens with one attached hydrogen (secondary N) is 1. The topological polar surface area (TPSA) is 59.9 Å². The van der Waals surface area contributed by atoms with Crippen LogP contribution in [0.4, 0.5) is 32.3 Å². The predicted octanol–water partition coefficient (Wildman–Crippen LogP) is 4.07. The molecule has 1 aromatic heterocycles. The largest absolute Gasteiger partial charge is 0.454 e. The normalized spacial score (nSPS) is 12.7. The van der Waals surface area contributed by atoms with Crippen molar-refractivity contribution in [3.63, 3.8) is 0 Å². The van der Waals surface area contributed by atoms with Gasteiger partial charge in [0.05, 0.1) is 5.57 Å². The lowest BCUT2D eigenvalue weighted by atomic mass is 10.2. The van der Waals surface area contributed by atoms with Crippen molar-refractivity contribution in [3.8, 4) is 6.01 Å². The molecule has 1 heterocycles. The lowest BCUT2D eigenvalue weighted by Gasteiger charge is -2.11. The molecule has 0 fully saturated rings. The summed E-state index contributed by atoms with van der Waals surface area (Å²) in [6.07, 6.45) is -7.72. The zero-order valence-electron chi connectivity index (χ0n) is 11.7. The summed E-state index contributed by atoms with van der Waals surface area (Å²) in [7, 11) is 0. The summed E-state index contributed by atoms with van der Waals surface area (Å²) < 4.78 is 77.8. The molecule has 0 aliphatic rings. The molecule has 0 radical (unpaired) electrons. The van der Waals surface area contributed by atoms with E-state index >= 15 is 0 Å². The Labute approximate surface area is 136 Å². The molecule has 0 unspecified atom stereocenters. The van der Waals surface area contributed by atoms with Crippen LogP contribution in [0, 0.1) is 0 Å². The Hall–Kier alpha value is -2.30. The van der Waals surface area contributed by atoms with Gasteiger partial charge >= 0.3 is 18.4 Å². The van der Waals surface area contributed by atoms with E-state index in [0.717, 1.165) is 6.08 Å². The molecule has 0 atom stereocenters. The second kappa shape index (κ2) is 7.51. The van der Waals surface area contributed by atoms with E-state index in [2.05, 4.69) is 38.2 Å². The molecule has 0 aromatic carbocycles. The summed E-state index contributed by atoms with van der Waals surface area (Å²) in [6.45, 7) is 4.43. The van der Waals surface area contributed by atoms with E-state index in [-0.39, 0.29) is 5.70 Å². The number of rotatable bonds is 6. The number of aromatic nitrogens is 3. The molecular formula is C12H9ClF6N4O. The van der Waals surface area contributed by atoms with Crippen molar-refractivity contribution in [1.29, 1.82) is 0 Å². The maximum atomic E-state index is 12.4. The smallest absolute Gasteiger partial charge is 0.422 e. The molecule has 12 heteroatoms. The molecule has 0 saturated carbocycles. The molecule has 0 bridgehead atoms. The zero-order chi connectivity index (χ0) is 18.5. The molecule has 1 rings (SSSR count). The first-order chi connectivity index (χ1) is 10.9. The first-order valence-corrected chi connectivity index (χ1v) is 6.27. The molecule has 0 spiro atoms. The standard InChI is InChI=1S/C12H9ClF6N4O/c1-3-7(4-6(2)12(17,18)19)20-9-21-8(13)22-10(23-9)24-5-11(14,15)16/h3-4H,1-2,5H2,(H,20,21,22,23)/b7-4+. The lowest BCUT2D eigenvalue weighted by molar-refractivity contribution is -0.154. The Bertz CT molecular complexity index is 656. The van der Waals surface area contributed by atoms with E-state index in [0.29, 0.717) is 6.08 Å². The van der Waals surface area contributed by atoms with E-state index in [9.17, 15) is 26.3 Å². The van der Waals surface area contributed by atoms with Gasteiger partial charge in [0.2, 0.25) is 11.2 Å². The van der Waals surface area contributed by atoms with Crippen molar-refractivity contribution < 1.29 is 31.1 Å². The molecule has 1 N–H and O–H groups in total. The minimum atomic E-state index is -4.67. The third-order valence-electron chi connectivity index (χ3n) is 2.12. The van der Waals surface area contributed by atoms with Gasteiger partial charge in [-0.15, -0.1) is 0 Å². The van der Waals surface area contributed by atoms with Crippen LogP contribution in [-0.4, -0.2) is 33.9 Å². The van der Waals surface area contributed by atoms with Gasteiger partial charge in [-0.05, 0) is 23.8 Å². The molecule has 0 aliphatic heterocycles. The van der Waals surface area contributed by atoms with Crippen LogP contribution in [0.25, 0.3) is 0 Å². The van der Waals surface area contributed by atoms with Gasteiger partial charge in [0.15, 0.2) is 6.61 Å². The second-order valence-electron chi connectivity index (χ2n) is 4.07. The number of anilines is 1. The summed E-state index contributed by atoms with van der Waals surface area (Å²) in [6, 6.07) is -0.757. The molecule has 1 aromatic rings. The van der Waals surface area contributed by atoms with Crippen LogP contribution in [0.15, 0.2) is 36.6 Å². The fourth-order valence-corrected chi connectivity index (χ4v) is 1.30. The van der Waals surface area contributed by atoms with Gasteiger partial charge in [-0.25, -0.2) is 0 Å². The zero-order valence-corrected chi connectivity index (χ0v) is 12.4. The fraction of sp³-hybridized carbons (Fsp3) is 0.250. The van der Waals surface area contributed by atoms with Gasteiger partial charge in [-0.1, -0.05) is 13.2 Å². The average molecular weight is 375 g/mol. The van der Waals surface area contributed by atoms with Crippen molar-refractivity contribution in [2.24, 2.45) is 0 Å². The van der Waals surface area contributed by atoms with Gasteiger partial charge in [-0.2, -0.15) is 41.3 Å². The first kappa shape index (κ1) is 19.7. The number of ether oxygens (including phenoxy) is 1. The van der Waals surface area contributed by atoms with Crippen LogP contribution in [0.1, 0.15) is 0 Å². The highest BCUT2D eigenvalue weighted by molar-refractivity contribution is 6.28. The van der Waals surface area contributed by atoms with Gasteiger partial charge in [0.1, 0.15) is 0 Å². The maximum absolute atomic E-state index is 12.4. The van der Waals surface area contributed by atoms with Crippen LogP contribution >= 0.6 is 11.6 Å². The number of hydrogen-bond acceptors (Lipinski definition) is 5. The van der Waals surface area contributed by atoms with Crippen LogP contribution in [0.5, 0.6) is 6.01 Å². The highest BCUT2D eigenvalue weighted by Crippen LogP contribution is 2.26. The van der Waals surface area contributed by atoms with Crippen LogP contribution in [0.2, 0.25) is 5.28 Å². The SMILES string of the molecule is C=C/C(=C\C(=C)C(F)(F)F)Nc1nc(Cl)nc(OCC(F)(F)F)n1. The van der Waals surface area contributed by atoms with E-state index in [1.54, 1.807) is 0 Å². The van der Waals surface area contributed by atoms with E-state index in [1.807, 2.05) is 0 Å². The van der Waals surface area contributed by atoms with Gasteiger partial charge < -0.3 is 10.1 Å². The first-order valence-electron chi connectivity index (χ1n) is 5.89. The Balaban J connectivity index is 2.97. The number of alkyl halides is 6. The van der Waals surface area contributed by atoms with Crippen molar-refractivity contribution in [3.05, 3.63) is 41.9 Å². The number of halogens is 7. The van der Waals surface area contributed by atoms with Crippen LogP contribution in [-0.2, 0) is 0 Å². The number of nitrogens with zero attached hydrogens (tertiary/aromatic N) is 3. The molecule has 5 nitrogen and oxygen atoms in total. The summed E-state index contributed by atoms with van der Waals surface area (Å²) in [5.41, 5.74) is -1.42. The van der Waals surface area contributed by atoms with Crippen molar-refractivity contribution in [2.45, 2.75) is 12.4 Å². The average Bonchev–Trinajstić information content (AvgIpc) is 2.42. The van der Waals surface area contributed by atoms with E-state index in [4.69, 9.17) is 11.6 Å². The molecule has 132 valence electrons. The third-order valence-corrected chi connectivity index (χ3v) is 2.29. The molecule has 24 heavy (non-hydrogen) atoms. The maximum Gasteiger partial charge on any atom is 0.422 e. The monoisotopic (exact) mass is 374 g/mol. The van der Waals surface area contributed by atoms with E-state index < -0.39 is 41.8 Å². The van der Waals surface area contributed by atoms with Gasteiger partial charge in [-0.3, -0.25) is 0 Å². The minimum absolute atomic E-state index is 0.221. The summed E-state index contributed by atoms with van der Waals surface area (Å²) in [4.78, 5) is 10.3. The highest BCUT2D eigenvalue weighted by atomic mass is 35.5.